The van der Waals surface area contributed by atoms with E-state index in [1.54, 1.807) is 0 Å². The Morgan fingerprint density at radius 3 is 2.43 bits per heavy atom. The number of ether oxygens (including phenoxy) is 1. The fourth-order valence-corrected chi connectivity index (χ4v) is 4.26. The lowest BCUT2D eigenvalue weighted by Crippen LogP contribution is -2.28. The third-order valence-electron chi connectivity index (χ3n) is 3.88. The van der Waals surface area contributed by atoms with E-state index in [0.717, 1.165) is 21.2 Å². The van der Waals surface area contributed by atoms with Gasteiger partial charge in [-0.05, 0) is 54.8 Å². The van der Waals surface area contributed by atoms with E-state index in [0.29, 0.717) is 6.04 Å². The van der Waals surface area contributed by atoms with E-state index in [1.165, 1.54) is 44.1 Å². The second kappa shape index (κ2) is 8.54. The van der Waals surface area contributed by atoms with E-state index in [-0.39, 0.29) is 6.10 Å². The molecule has 0 radical (unpaired) electrons. The van der Waals surface area contributed by atoms with Gasteiger partial charge in [0.15, 0.2) is 0 Å². The molecule has 21 heavy (non-hydrogen) atoms. The number of nitrogens with one attached hydrogen (secondary N) is 1. The zero-order valence-electron chi connectivity index (χ0n) is 12.9. The van der Waals surface area contributed by atoms with Crippen molar-refractivity contribution in [1.82, 2.24) is 5.32 Å². The van der Waals surface area contributed by atoms with Crippen LogP contribution in [0.2, 0.25) is 0 Å². The van der Waals surface area contributed by atoms with Gasteiger partial charge in [0.05, 0.1) is 10.6 Å². The summed E-state index contributed by atoms with van der Waals surface area (Å²) in [6.07, 6.45) is 8.28. The van der Waals surface area contributed by atoms with Crippen molar-refractivity contribution in [3.8, 4) is 5.75 Å². The predicted molar refractivity (Wildman–Crippen MR) is 95.9 cm³/mol. The summed E-state index contributed by atoms with van der Waals surface area (Å²) in [6.45, 7) is 5.00. The highest BCUT2D eigenvalue weighted by molar-refractivity contribution is 9.11. The summed E-state index contributed by atoms with van der Waals surface area (Å²) in [5.41, 5.74) is 1.22. The molecule has 0 amide bonds. The third kappa shape index (κ3) is 5.57. The topological polar surface area (TPSA) is 21.3 Å². The normalized spacial score (nSPS) is 17.0. The van der Waals surface area contributed by atoms with Crippen LogP contribution in [-0.2, 0) is 6.54 Å². The van der Waals surface area contributed by atoms with Crippen LogP contribution in [0.25, 0.3) is 0 Å². The van der Waals surface area contributed by atoms with Gasteiger partial charge >= 0.3 is 0 Å². The minimum atomic E-state index is 0.180. The highest BCUT2D eigenvalue weighted by atomic mass is 79.9. The van der Waals surface area contributed by atoms with Gasteiger partial charge in [-0.2, -0.15) is 0 Å². The fourth-order valence-electron chi connectivity index (χ4n) is 2.85. The van der Waals surface area contributed by atoms with Gasteiger partial charge in [0.25, 0.3) is 0 Å². The van der Waals surface area contributed by atoms with Crippen LogP contribution in [0.4, 0.5) is 0 Å². The maximum absolute atomic E-state index is 5.99. The average molecular weight is 419 g/mol. The summed E-state index contributed by atoms with van der Waals surface area (Å²) in [6, 6.07) is 4.86. The van der Waals surface area contributed by atoms with Crippen molar-refractivity contribution in [2.45, 2.75) is 71.1 Å². The molecule has 0 aliphatic heterocycles. The molecule has 4 heteroatoms. The van der Waals surface area contributed by atoms with Crippen LogP contribution in [0.15, 0.2) is 21.1 Å². The van der Waals surface area contributed by atoms with Crippen LogP contribution in [0, 0.1) is 0 Å². The van der Waals surface area contributed by atoms with Crippen molar-refractivity contribution in [3.63, 3.8) is 0 Å². The van der Waals surface area contributed by atoms with Crippen molar-refractivity contribution in [2.24, 2.45) is 0 Å². The number of benzene rings is 1. The van der Waals surface area contributed by atoms with Gasteiger partial charge in [-0.25, -0.2) is 0 Å². The SMILES string of the molecule is CC(C)Oc1c(Br)cc(Br)cc1CNC1CCCCCC1. The molecule has 1 aliphatic carbocycles. The van der Waals surface area contributed by atoms with Crippen molar-refractivity contribution >= 4 is 31.9 Å². The molecule has 0 saturated heterocycles. The first kappa shape index (κ1) is 17.3. The van der Waals surface area contributed by atoms with Crippen molar-refractivity contribution in [3.05, 3.63) is 26.6 Å². The van der Waals surface area contributed by atoms with Crippen LogP contribution in [0.5, 0.6) is 5.75 Å². The molecule has 0 heterocycles. The fraction of sp³-hybridized carbons (Fsp3) is 0.647. The lowest BCUT2D eigenvalue weighted by atomic mass is 10.1. The van der Waals surface area contributed by atoms with Gasteiger partial charge in [0.1, 0.15) is 5.75 Å². The zero-order chi connectivity index (χ0) is 15.2. The Morgan fingerprint density at radius 1 is 1.14 bits per heavy atom. The predicted octanol–water partition coefficient (Wildman–Crippen LogP) is 5.81. The van der Waals surface area contributed by atoms with E-state index < -0.39 is 0 Å². The van der Waals surface area contributed by atoms with Crippen LogP contribution in [0.3, 0.4) is 0 Å². The summed E-state index contributed by atoms with van der Waals surface area (Å²) in [5.74, 6) is 0.967. The third-order valence-corrected chi connectivity index (χ3v) is 4.92. The van der Waals surface area contributed by atoms with E-state index >= 15 is 0 Å². The minimum Gasteiger partial charge on any atom is -0.489 e. The number of halogens is 2. The molecule has 2 nitrogen and oxygen atoms in total. The minimum absolute atomic E-state index is 0.180. The smallest absolute Gasteiger partial charge is 0.138 e. The molecule has 0 spiro atoms. The molecule has 2 rings (SSSR count). The summed E-state index contributed by atoms with van der Waals surface area (Å²) in [5, 5.41) is 3.72. The van der Waals surface area contributed by atoms with Crippen LogP contribution in [0.1, 0.15) is 57.9 Å². The molecule has 1 aromatic carbocycles. The van der Waals surface area contributed by atoms with Crippen LogP contribution < -0.4 is 10.1 Å². The average Bonchev–Trinajstić information content (AvgIpc) is 2.68. The van der Waals surface area contributed by atoms with Crippen molar-refractivity contribution < 1.29 is 4.74 Å². The van der Waals surface area contributed by atoms with E-state index in [4.69, 9.17) is 4.74 Å². The molecule has 118 valence electrons. The first-order valence-electron chi connectivity index (χ1n) is 7.94. The van der Waals surface area contributed by atoms with E-state index in [2.05, 4.69) is 57.1 Å². The molecular weight excluding hydrogens is 394 g/mol. The molecule has 1 aromatic rings. The Labute approximate surface area is 145 Å². The Morgan fingerprint density at radius 2 is 1.81 bits per heavy atom. The Balaban J connectivity index is 2.06. The molecule has 0 bridgehead atoms. The lowest BCUT2D eigenvalue weighted by Gasteiger charge is -2.20. The first-order chi connectivity index (χ1) is 10.1. The van der Waals surface area contributed by atoms with Crippen LogP contribution >= 0.6 is 31.9 Å². The molecule has 0 aromatic heterocycles. The molecule has 1 fully saturated rings. The van der Waals surface area contributed by atoms with Gasteiger partial charge in [-0.3, -0.25) is 0 Å². The Bertz CT molecular complexity index is 454. The molecule has 1 saturated carbocycles. The van der Waals surface area contributed by atoms with Gasteiger partial charge in [-0.15, -0.1) is 0 Å². The monoisotopic (exact) mass is 417 g/mol. The second-order valence-electron chi connectivity index (χ2n) is 6.11. The molecule has 1 N–H and O–H groups in total. The van der Waals surface area contributed by atoms with Crippen LogP contribution in [-0.4, -0.2) is 12.1 Å². The number of hydrogen-bond donors (Lipinski definition) is 1. The van der Waals surface area contributed by atoms with Gasteiger partial charge < -0.3 is 10.1 Å². The lowest BCUT2D eigenvalue weighted by molar-refractivity contribution is 0.237. The molecule has 0 unspecified atom stereocenters. The first-order valence-corrected chi connectivity index (χ1v) is 9.53. The van der Waals surface area contributed by atoms with Gasteiger partial charge in [-0.1, -0.05) is 41.6 Å². The highest BCUT2D eigenvalue weighted by Gasteiger charge is 2.15. The highest BCUT2D eigenvalue weighted by Crippen LogP contribution is 2.34. The van der Waals surface area contributed by atoms with E-state index in [9.17, 15) is 0 Å². The largest absolute Gasteiger partial charge is 0.489 e. The standard InChI is InChI=1S/C17H25Br2NO/c1-12(2)21-17-13(9-14(18)10-16(17)19)11-20-15-7-5-3-4-6-8-15/h9-10,12,15,20H,3-8,11H2,1-2H3. The summed E-state index contributed by atoms with van der Waals surface area (Å²) >= 11 is 7.20. The maximum Gasteiger partial charge on any atom is 0.138 e. The summed E-state index contributed by atoms with van der Waals surface area (Å²) < 4.78 is 8.09. The molecule has 0 atom stereocenters. The van der Waals surface area contributed by atoms with Crippen molar-refractivity contribution in [1.29, 1.82) is 0 Å². The maximum atomic E-state index is 5.99. The van der Waals surface area contributed by atoms with Gasteiger partial charge in [0, 0.05) is 22.6 Å². The summed E-state index contributed by atoms with van der Waals surface area (Å²) in [4.78, 5) is 0. The molecular formula is C17H25Br2NO. The second-order valence-corrected chi connectivity index (χ2v) is 7.88. The zero-order valence-corrected chi connectivity index (χ0v) is 16.1. The quantitative estimate of drug-likeness (QED) is 0.609. The summed E-state index contributed by atoms with van der Waals surface area (Å²) in [7, 11) is 0. The van der Waals surface area contributed by atoms with Gasteiger partial charge in [0.2, 0.25) is 0 Å². The molecule has 1 aliphatic rings. The number of hydrogen-bond acceptors (Lipinski definition) is 2. The Hall–Kier alpha value is -0.0600. The number of rotatable bonds is 5. The van der Waals surface area contributed by atoms with Crippen molar-refractivity contribution in [2.75, 3.05) is 0 Å². The Kier molecular flexibility index (Phi) is 7.03. The van der Waals surface area contributed by atoms with E-state index in [1.807, 2.05) is 6.07 Å².